The standard InChI is InChI=1S/C21H21ClFN3O4S2/c1-21(2,3)30-20(27)26(4)12-13-10-16(15-6-5-8-25-18(15)23)19(31-13)32(28,29)14-7-9-24-17(22)11-14/h5-11H,12H2,1-4H3. The molecule has 0 radical (unpaired) electrons. The molecule has 0 unspecified atom stereocenters. The molecule has 0 aliphatic carbocycles. The summed E-state index contributed by atoms with van der Waals surface area (Å²) in [5, 5.41) is 0.0154. The van der Waals surface area contributed by atoms with E-state index in [9.17, 15) is 17.6 Å². The zero-order valence-electron chi connectivity index (χ0n) is 17.8. The number of ether oxygens (including phenoxy) is 1. The number of halogens is 2. The van der Waals surface area contributed by atoms with Crippen molar-refractivity contribution in [2.75, 3.05) is 7.05 Å². The number of rotatable bonds is 5. The van der Waals surface area contributed by atoms with Gasteiger partial charge in [0.25, 0.3) is 0 Å². The van der Waals surface area contributed by atoms with Gasteiger partial charge in [0.15, 0.2) is 0 Å². The van der Waals surface area contributed by atoms with Crippen LogP contribution in [0.3, 0.4) is 0 Å². The van der Waals surface area contributed by atoms with Crippen molar-refractivity contribution in [2.24, 2.45) is 0 Å². The first-order valence-corrected chi connectivity index (χ1v) is 12.1. The van der Waals surface area contributed by atoms with Crippen molar-refractivity contribution in [1.29, 1.82) is 0 Å². The monoisotopic (exact) mass is 497 g/mol. The molecule has 0 aliphatic rings. The summed E-state index contributed by atoms with van der Waals surface area (Å²) in [6, 6.07) is 7.05. The fourth-order valence-corrected chi connectivity index (χ4v) is 6.19. The number of aromatic nitrogens is 2. The number of pyridine rings is 2. The SMILES string of the molecule is CN(Cc1cc(-c2cccnc2F)c(S(=O)(=O)c2ccnc(Cl)c2)s1)C(=O)OC(C)(C)C. The molecule has 7 nitrogen and oxygen atoms in total. The van der Waals surface area contributed by atoms with Crippen molar-refractivity contribution in [2.45, 2.75) is 42.0 Å². The summed E-state index contributed by atoms with van der Waals surface area (Å²) in [5.74, 6) is -0.804. The van der Waals surface area contributed by atoms with E-state index >= 15 is 0 Å². The topological polar surface area (TPSA) is 89.5 Å². The molecular formula is C21H21ClFN3O4S2. The van der Waals surface area contributed by atoms with Crippen LogP contribution in [0.5, 0.6) is 0 Å². The lowest BCUT2D eigenvalue weighted by Gasteiger charge is -2.24. The Kier molecular flexibility index (Phi) is 6.87. The summed E-state index contributed by atoms with van der Waals surface area (Å²) in [7, 11) is -2.52. The maximum absolute atomic E-state index is 14.5. The molecule has 0 saturated heterocycles. The van der Waals surface area contributed by atoms with Crippen molar-refractivity contribution in [3.05, 3.63) is 58.7 Å². The second-order valence-electron chi connectivity index (χ2n) is 7.91. The number of thiophene rings is 1. The number of sulfone groups is 1. The molecule has 170 valence electrons. The van der Waals surface area contributed by atoms with E-state index in [1.54, 1.807) is 26.8 Å². The minimum Gasteiger partial charge on any atom is -0.444 e. The van der Waals surface area contributed by atoms with Crippen LogP contribution in [0.2, 0.25) is 5.15 Å². The summed E-state index contributed by atoms with van der Waals surface area (Å²) in [6.07, 6.45) is 1.99. The molecule has 3 aromatic rings. The van der Waals surface area contributed by atoms with Crippen LogP contribution in [-0.4, -0.2) is 42.0 Å². The number of hydrogen-bond donors (Lipinski definition) is 0. The molecule has 32 heavy (non-hydrogen) atoms. The number of nitrogens with zero attached hydrogens (tertiary/aromatic N) is 3. The van der Waals surface area contributed by atoms with Gasteiger partial charge < -0.3 is 9.64 Å². The van der Waals surface area contributed by atoms with Crippen LogP contribution in [0.15, 0.2) is 51.8 Å². The molecule has 3 aromatic heterocycles. The summed E-state index contributed by atoms with van der Waals surface area (Å²) in [4.78, 5) is 21.5. The molecule has 0 atom stereocenters. The summed E-state index contributed by atoms with van der Waals surface area (Å²) < 4.78 is 46.5. The first kappa shape index (κ1) is 24.1. The lowest BCUT2D eigenvalue weighted by atomic mass is 10.1. The molecule has 0 saturated carbocycles. The lowest BCUT2D eigenvalue weighted by Crippen LogP contribution is -2.33. The molecule has 3 heterocycles. The normalized spacial score (nSPS) is 11.9. The van der Waals surface area contributed by atoms with Gasteiger partial charge in [-0.3, -0.25) is 0 Å². The van der Waals surface area contributed by atoms with Crippen molar-refractivity contribution in [1.82, 2.24) is 14.9 Å². The molecular weight excluding hydrogens is 477 g/mol. The maximum atomic E-state index is 14.5. The predicted octanol–water partition coefficient (Wildman–Crippen LogP) is 5.20. The Morgan fingerprint density at radius 3 is 2.53 bits per heavy atom. The average molecular weight is 498 g/mol. The smallest absolute Gasteiger partial charge is 0.410 e. The zero-order valence-corrected chi connectivity index (χ0v) is 20.2. The largest absolute Gasteiger partial charge is 0.444 e. The molecule has 3 rings (SSSR count). The summed E-state index contributed by atoms with van der Waals surface area (Å²) in [5.41, 5.74) is -0.491. The summed E-state index contributed by atoms with van der Waals surface area (Å²) in [6.45, 7) is 5.31. The minimum atomic E-state index is -4.06. The first-order chi connectivity index (χ1) is 14.9. The van der Waals surface area contributed by atoms with E-state index in [4.69, 9.17) is 16.3 Å². The van der Waals surface area contributed by atoms with Crippen LogP contribution in [0.1, 0.15) is 25.6 Å². The van der Waals surface area contributed by atoms with Crippen LogP contribution in [0, 0.1) is 5.95 Å². The fraction of sp³-hybridized carbons (Fsp3) is 0.286. The van der Waals surface area contributed by atoms with Gasteiger partial charge in [0, 0.05) is 35.4 Å². The Morgan fingerprint density at radius 2 is 1.91 bits per heavy atom. The Labute approximate surface area is 194 Å². The molecule has 1 amide bonds. The second kappa shape index (κ2) is 9.13. The van der Waals surface area contributed by atoms with Gasteiger partial charge in [0.2, 0.25) is 15.8 Å². The lowest BCUT2D eigenvalue weighted by molar-refractivity contribution is 0.0286. The van der Waals surface area contributed by atoms with E-state index in [0.29, 0.717) is 4.88 Å². The molecule has 0 fully saturated rings. The number of carbonyl (C=O) groups excluding carboxylic acids is 1. The van der Waals surface area contributed by atoms with E-state index < -0.39 is 27.5 Å². The maximum Gasteiger partial charge on any atom is 0.410 e. The average Bonchev–Trinajstić information content (AvgIpc) is 3.11. The Bertz CT molecular complexity index is 1260. The fourth-order valence-electron chi connectivity index (χ4n) is 2.77. The third-order valence-corrected chi connectivity index (χ3v) is 7.76. The van der Waals surface area contributed by atoms with Gasteiger partial charge in [-0.25, -0.2) is 23.2 Å². The molecule has 0 spiro atoms. The highest BCUT2D eigenvalue weighted by Crippen LogP contribution is 2.39. The van der Waals surface area contributed by atoms with E-state index in [1.165, 1.54) is 48.6 Å². The number of amides is 1. The summed E-state index contributed by atoms with van der Waals surface area (Å²) >= 11 is 6.82. The number of carbonyl (C=O) groups is 1. The van der Waals surface area contributed by atoms with E-state index in [-0.39, 0.29) is 31.9 Å². The van der Waals surface area contributed by atoms with Crippen molar-refractivity contribution in [3.8, 4) is 11.1 Å². The van der Waals surface area contributed by atoms with E-state index in [1.807, 2.05) is 0 Å². The van der Waals surface area contributed by atoms with Crippen molar-refractivity contribution < 1.29 is 22.3 Å². The number of hydrogen-bond acceptors (Lipinski definition) is 7. The van der Waals surface area contributed by atoms with Gasteiger partial charge in [0.1, 0.15) is 15.0 Å². The third kappa shape index (κ3) is 5.43. The highest BCUT2D eigenvalue weighted by atomic mass is 35.5. The predicted molar refractivity (Wildman–Crippen MR) is 120 cm³/mol. The zero-order chi connectivity index (χ0) is 23.7. The Hall–Kier alpha value is -2.56. The second-order valence-corrected chi connectivity index (χ2v) is 11.6. The van der Waals surface area contributed by atoms with Crippen LogP contribution in [-0.2, 0) is 21.1 Å². The first-order valence-electron chi connectivity index (χ1n) is 9.43. The Balaban J connectivity index is 2.07. The quantitative estimate of drug-likeness (QED) is 0.450. The van der Waals surface area contributed by atoms with Gasteiger partial charge >= 0.3 is 6.09 Å². The Morgan fingerprint density at radius 1 is 1.19 bits per heavy atom. The van der Waals surface area contributed by atoms with E-state index in [0.717, 1.165) is 11.3 Å². The van der Waals surface area contributed by atoms with Crippen LogP contribution < -0.4 is 0 Å². The molecule has 0 aliphatic heterocycles. The van der Waals surface area contributed by atoms with Crippen LogP contribution >= 0.6 is 22.9 Å². The van der Waals surface area contributed by atoms with E-state index in [2.05, 4.69) is 9.97 Å². The highest BCUT2D eigenvalue weighted by Gasteiger charge is 2.28. The highest BCUT2D eigenvalue weighted by molar-refractivity contribution is 7.93. The van der Waals surface area contributed by atoms with Gasteiger partial charge in [-0.1, -0.05) is 11.6 Å². The van der Waals surface area contributed by atoms with Gasteiger partial charge in [0.05, 0.1) is 11.4 Å². The molecule has 0 bridgehead atoms. The molecule has 11 heteroatoms. The molecule has 0 aromatic carbocycles. The van der Waals surface area contributed by atoms with Crippen molar-refractivity contribution >= 4 is 38.9 Å². The van der Waals surface area contributed by atoms with Crippen LogP contribution in [0.25, 0.3) is 11.1 Å². The minimum absolute atomic E-state index is 0.0154. The van der Waals surface area contributed by atoms with Gasteiger partial charge in [-0.2, -0.15) is 4.39 Å². The molecule has 0 N–H and O–H groups in total. The van der Waals surface area contributed by atoms with Gasteiger partial charge in [-0.15, -0.1) is 11.3 Å². The van der Waals surface area contributed by atoms with Crippen molar-refractivity contribution in [3.63, 3.8) is 0 Å². The van der Waals surface area contributed by atoms with Gasteiger partial charge in [-0.05, 0) is 51.1 Å². The van der Waals surface area contributed by atoms with Crippen LogP contribution in [0.4, 0.5) is 9.18 Å². The third-order valence-electron chi connectivity index (χ3n) is 4.15.